The molecular formula is C19H18N2O5S3. The van der Waals surface area contributed by atoms with Crippen LogP contribution in [0.4, 0.5) is 5.13 Å². The summed E-state index contributed by atoms with van der Waals surface area (Å²) in [7, 11) is -2.37. The molecule has 0 saturated carbocycles. The van der Waals surface area contributed by atoms with E-state index < -0.39 is 27.3 Å². The summed E-state index contributed by atoms with van der Waals surface area (Å²) in [5, 5.41) is 6.60. The predicted octanol–water partition coefficient (Wildman–Crippen LogP) is 3.64. The molecule has 152 valence electrons. The number of rotatable bonds is 8. The van der Waals surface area contributed by atoms with Crippen LogP contribution in [0.1, 0.15) is 22.8 Å². The quantitative estimate of drug-likeness (QED) is 0.526. The normalized spacial score (nSPS) is 11.2. The van der Waals surface area contributed by atoms with Gasteiger partial charge in [0.2, 0.25) is 5.91 Å². The Morgan fingerprint density at radius 2 is 2.00 bits per heavy atom. The van der Waals surface area contributed by atoms with Crippen molar-refractivity contribution in [1.29, 1.82) is 0 Å². The van der Waals surface area contributed by atoms with Gasteiger partial charge in [0.05, 0.1) is 23.4 Å². The van der Waals surface area contributed by atoms with Crippen LogP contribution >= 0.6 is 22.7 Å². The molecule has 2 aromatic heterocycles. The fourth-order valence-electron chi connectivity index (χ4n) is 2.62. The molecule has 0 saturated heterocycles. The first-order valence-electron chi connectivity index (χ1n) is 8.45. The molecule has 1 aromatic carbocycles. The number of nitrogens with zero attached hydrogens (tertiary/aromatic N) is 1. The first kappa shape index (κ1) is 21.2. The standard InChI is InChI=1S/C19H18N2O5S3/c1-12(22)13-5-6-16(26-2)14(8-13)10-29(24,25)11-18(23)21-19-20-15(9-28-19)17-4-3-7-27-17/h3-9H,10-11H2,1-2H3,(H,20,21,23). The molecule has 0 fully saturated rings. The van der Waals surface area contributed by atoms with Crippen LogP contribution in [-0.2, 0) is 20.4 Å². The zero-order valence-electron chi connectivity index (χ0n) is 15.7. The van der Waals surface area contributed by atoms with Crippen LogP contribution in [0.15, 0.2) is 41.1 Å². The van der Waals surface area contributed by atoms with Crippen molar-refractivity contribution in [2.45, 2.75) is 12.7 Å². The second-order valence-electron chi connectivity index (χ2n) is 6.18. The van der Waals surface area contributed by atoms with E-state index in [9.17, 15) is 18.0 Å². The molecule has 0 unspecified atom stereocenters. The molecule has 0 aliphatic rings. The highest BCUT2D eigenvalue weighted by Gasteiger charge is 2.21. The van der Waals surface area contributed by atoms with Gasteiger partial charge < -0.3 is 10.1 Å². The molecule has 1 N–H and O–H groups in total. The molecule has 10 heteroatoms. The Morgan fingerprint density at radius 3 is 2.66 bits per heavy atom. The maximum absolute atomic E-state index is 12.5. The Hall–Kier alpha value is -2.56. The number of hydrogen-bond acceptors (Lipinski definition) is 8. The molecule has 3 rings (SSSR count). The van der Waals surface area contributed by atoms with Crippen LogP contribution in [0.2, 0.25) is 0 Å². The van der Waals surface area contributed by atoms with Gasteiger partial charge in [-0.3, -0.25) is 9.59 Å². The van der Waals surface area contributed by atoms with Gasteiger partial charge in [0.25, 0.3) is 0 Å². The van der Waals surface area contributed by atoms with Crippen molar-refractivity contribution >= 4 is 49.3 Å². The number of hydrogen-bond donors (Lipinski definition) is 1. The zero-order valence-corrected chi connectivity index (χ0v) is 18.1. The summed E-state index contributed by atoms with van der Waals surface area (Å²) in [6.07, 6.45) is 0. The monoisotopic (exact) mass is 450 g/mol. The van der Waals surface area contributed by atoms with E-state index in [2.05, 4.69) is 10.3 Å². The number of benzene rings is 1. The molecule has 0 aliphatic carbocycles. The minimum Gasteiger partial charge on any atom is -0.496 e. The SMILES string of the molecule is COc1ccc(C(C)=O)cc1CS(=O)(=O)CC(=O)Nc1nc(-c2cccs2)cs1. The number of methoxy groups -OCH3 is 1. The van der Waals surface area contributed by atoms with Gasteiger partial charge in [-0.1, -0.05) is 6.07 Å². The lowest BCUT2D eigenvalue weighted by Gasteiger charge is -2.10. The van der Waals surface area contributed by atoms with Crippen molar-refractivity contribution in [1.82, 2.24) is 4.98 Å². The van der Waals surface area contributed by atoms with Gasteiger partial charge in [-0.25, -0.2) is 13.4 Å². The number of nitrogens with one attached hydrogen (secondary N) is 1. The van der Waals surface area contributed by atoms with Crippen molar-refractivity contribution in [3.63, 3.8) is 0 Å². The van der Waals surface area contributed by atoms with Crippen LogP contribution < -0.4 is 10.1 Å². The molecule has 2 heterocycles. The highest BCUT2D eigenvalue weighted by atomic mass is 32.2. The van der Waals surface area contributed by atoms with Gasteiger partial charge in [-0.15, -0.1) is 22.7 Å². The van der Waals surface area contributed by atoms with Crippen molar-refractivity contribution in [3.8, 4) is 16.3 Å². The smallest absolute Gasteiger partial charge is 0.241 e. The van der Waals surface area contributed by atoms with Crippen molar-refractivity contribution in [2.24, 2.45) is 0 Å². The molecule has 1 amide bonds. The minimum atomic E-state index is -3.79. The van der Waals surface area contributed by atoms with Crippen LogP contribution in [-0.4, -0.2) is 38.0 Å². The number of sulfone groups is 1. The van der Waals surface area contributed by atoms with Gasteiger partial charge in [0.15, 0.2) is 20.8 Å². The summed E-state index contributed by atoms with van der Waals surface area (Å²) in [6, 6.07) is 8.41. The second kappa shape index (κ2) is 8.85. The summed E-state index contributed by atoms with van der Waals surface area (Å²) in [4.78, 5) is 29.1. The van der Waals surface area contributed by atoms with Gasteiger partial charge in [0, 0.05) is 16.5 Å². The van der Waals surface area contributed by atoms with E-state index in [0.29, 0.717) is 22.0 Å². The van der Waals surface area contributed by atoms with Crippen LogP contribution in [0.25, 0.3) is 10.6 Å². The Bertz CT molecular complexity index is 1130. The molecule has 3 aromatic rings. The highest BCUT2D eigenvalue weighted by Crippen LogP contribution is 2.28. The summed E-state index contributed by atoms with van der Waals surface area (Å²) < 4.78 is 30.2. The summed E-state index contributed by atoms with van der Waals surface area (Å²) in [5.74, 6) is -1.62. The number of ketones is 1. The number of anilines is 1. The highest BCUT2D eigenvalue weighted by molar-refractivity contribution is 7.91. The van der Waals surface area contributed by atoms with Gasteiger partial charge in [-0.2, -0.15) is 0 Å². The number of aromatic nitrogens is 1. The Labute approximate surface area is 176 Å². The maximum Gasteiger partial charge on any atom is 0.241 e. The molecular weight excluding hydrogens is 432 g/mol. The zero-order chi connectivity index (χ0) is 21.0. The summed E-state index contributed by atoms with van der Waals surface area (Å²) in [6.45, 7) is 1.39. The maximum atomic E-state index is 12.5. The van der Waals surface area contributed by atoms with E-state index in [-0.39, 0.29) is 5.78 Å². The second-order valence-corrected chi connectivity index (χ2v) is 10.0. The van der Waals surface area contributed by atoms with Gasteiger partial charge >= 0.3 is 0 Å². The number of carbonyl (C=O) groups excluding carboxylic acids is 2. The largest absolute Gasteiger partial charge is 0.496 e. The minimum absolute atomic E-state index is 0.186. The fourth-order valence-corrected chi connectivity index (χ4v) is 5.38. The summed E-state index contributed by atoms with van der Waals surface area (Å²) >= 11 is 2.75. The molecule has 7 nitrogen and oxygen atoms in total. The first-order valence-corrected chi connectivity index (χ1v) is 12.0. The number of carbonyl (C=O) groups is 2. The van der Waals surface area contributed by atoms with E-state index in [1.54, 1.807) is 17.5 Å². The van der Waals surface area contributed by atoms with Gasteiger partial charge in [0.1, 0.15) is 11.5 Å². The number of Topliss-reactive ketones (excluding diaryl/α,β-unsaturated/α-hetero) is 1. The lowest BCUT2D eigenvalue weighted by molar-refractivity contribution is -0.113. The number of amides is 1. The molecule has 0 spiro atoms. The third-order valence-corrected chi connectivity index (χ3v) is 7.04. The van der Waals surface area contributed by atoms with E-state index in [0.717, 1.165) is 10.6 Å². The van der Waals surface area contributed by atoms with Crippen LogP contribution in [0.3, 0.4) is 0 Å². The summed E-state index contributed by atoms with van der Waals surface area (Å²) in [5.41, 5.74) is 1.44. The molecule has 0 bridgehead atoms. The Morgan fingerprint density at radius 1 is 1.21 bits per heavy atom. The van der Waals surface area contributed by atoms with E-state index in [1.807, 2.05) is 17.5 Å². The number of ether oxygens (including phenoxy) is 1. The number of thiophene rings is 1. The van der Waals surface area contributed by atoms with E-state index in [4.69, 9.17) is 4.74 Å². The van der Waals surface area contributed by atoms with E-state index >= 15 is 0 Å². The predicted molar refractivity (Wildman–Crippen MR) is 115 cm³/mol. The molecule has 0 atom stereocenters. The third kappa shape index (κ3) is 5.49. The lowest BCUT2D eigenvalue weighted by Crippen LogP contribution is -2.24. The average molecular weight is 451 g/mol. The van der Waals surface area contributed by atoms with Gasteiger partial charge in [-0.05, 0) is 36.6 Å². The van der Waals surface area contributed by atoms with Crippen molar-refractivity contribution in [3.05, 3.63) is 52.2 Å². The number of thiazole rings is 1. The molecule has 0 aliphatic heterocycles. The van der Waals surface area contributed by atoms with Crippen molar-refractivity contribution in [2.75, 3.05) is 18.2 Å². The van der Waals surface area contributed by atoms with Crippen LogP contribution in [0, 0.1) is 0 Å². The first-order chi connectivity index (χ1) is 13.8. The van der Waals surface area contributed by atoms with Crippen LogP contribution in [0.5, 0.6) is 5.75 Å². The molecule has 29 heavy (non-hydrogen) atoms. The third-order valence-electron chi connectivity index (χ3n) is 3.94. The van der Waals surface area contributed by atoms with E-state index in [1.165, 1.54) is 42.8 Å². The molecule has 0 radical (unpaired) electrons. The topological polar surface area (TPSA) is 102 Å². The average Bonchev–Trinajstić information content (AvgIpc) is 3.32. The lowest BCUT2D eigenvalue weighted by atomic mass is 10.1. The Balaban J connectivity index is 1.69. The van der Waals surface area contributed by atoms with Crippen molar-refractivity contribution < 1.29 is 22.7 Å². The fraction of sp³-hybridized carbons (Fsp3) is 0.211. The Kier molecular flexibility index (Phi) is 6.46.